The van der Waals surface area contributed by atoms with E-state index in [9.17, 15) is 4.79 Å². The molecule has 4 nitrogen and oxygen atoms in total. The summed E-state index contributed by atoms with van der Waals surface area (Å²) in [6.07, 6.45) is -0.478. The zero-order valence-electron chi connectivity index (χ0n) is 12.0. The molecule has 0 aromatic heterocycles. The average molecular weight is 349 g/mol. The molecule has 0 aliphatic rings. The summed E-state index contributed by atoms with van der Waals surface area (Å²) in [5, 5.41) is 2.78. The van der Waals surface area contributed by atoms with Gasteiger partial charge in [-0.2, -0.15) is 0 Å². The fourth-order valence-electron chi connectivity index (χ4n) is 1.87. The summed E-state index contributed by atoms with van der Waals surface area (Å²) < 4.78 is 6.04. The Labute approximate surface area is 132 Å². The maximum absolute atomic E-state index is 11.9. The van der Waals surface area contributed by atoms with Crippen LogP contribution < -0.4 is 10.2 Å². The first-order valence-electron chi connectivity index (χ1n) is 6.51. The second-order valence-electron chi connectivity index (χ2n) is 4.72. The number of hydrogen-bond donors (Lipinski definition) is 1. The van der Waals surface area contributed by atoms with Crippen molar-refractivity contribution in [2.24, 2.45) is 0 Å². The van der Waals surface area contributed by atoms with Gasteiger partial charge in [-0.1, -0.05) is 36.4 Å². The molecule has 110 valence electrons. The van der Waals surface area contributed by atoms with E-state index in [0.717, 1.165) is 15.7 Å². The van der Waals surface area contributed by atoms with Crippen molar-refractivity contribution in [1.82, 2.24) is 0 Å². The molecule has 0 atom stereocenters. The summed E-state index contributed by atoms with van der Waals surface area (Å²) in [6, 6.07) is 15.3. The van der Waals surface area contributed by atoms with Crippen LogP contribution >= 0.6 is 15.9 Å². The number of carbonyl (C=O) groups excluding carboxylic acids is 1. The Hall–Kier alpha value is -2.01. The van der Waals surface area contributed by atoms with E-state index in [2.05, 4.69) is 21.2 Å². The number of nitrogens with zero attached hydrogens (tertiary/aromatic N) is 1. The SMILES string of the molecule is CN(C)c1cccc(Br)c1NC(=O)OCc1ccccc1. The van der Waals surface area contributed by atoms with E-state index in [1.165, 1.54) is 0 Å². The number of hydrogen-bond acceptors (Lipinski definition) is 3. The molecule has 0 bridgehead atoms. The molecule has 5 heteroatoms. The summed E-state index contributed by atoms with van der Waals surface area (Å²) in [7, 11) is 3.84. The van der Waals surface area contributed by atoms with Crippen LogP contribution in [0.15, 0.2) is 53.0 Å². The van der Waals surface area contributed by atoms with E-state index in [0.29, 0.717) is 5.69 Å². The molecule has 0 unspecified atom stereocenters. The van der Waals surface area contributed by atoms with Crippen LogP contribution in [0, 0.1) is 0 Å². The second kappa shape index (κ2) is 7.13. The van der Waals surface area contributed by atoms with E-state index in [-0.39, 0.29) is 6.61 Å². The molecule has 2 rings (SSSR count). The Kier molecular flexibility index (Phi) is 5.22. The van der Waals surface area contributed by atoms with Gasteiger partial charge >= 0.3 is 6.09 Å². The van der Waals surface area contributed by atoms with Crippen molar-refractivity contribution < 1.29 is 9.53 Å². The van der Waals surface area contributed by atoms with Gasteiger partial charge in [0.2, 0.25) is 0 Å². The van der Waals surface area contributed by atoms with Gasteiger partial charge in [0, 0.05) is 18.6 Å². The average Bonchev–Trinajstić information content (AvgIpc) is 2.48. The number of anilines is 2. The number of benzene rings is 2. The van der Waals surface area contributed by atoms with Crippen molar-refractivity contribution in [3.05, 3.63) is 58.6 Å². The molecule has 0 aliphatic carbocycles. The van der Waals surface area contributed by atoms with E-state index in [1.54, 1.807) is 0 Å². The van der Waals surface area contributed by atoms with Gasteiger partial charge in [-0.05, 0) is 33.6 Å². The maximum Gasteiger partial charge on any atom is 0.412 e. The molecule has 0 radical (unpaired) electrons. The van der Waals surface area contributed by atoms with E-state index >= 15 is 0 Å². The topological polar surface area (TPSA) is 41.6 Å². The van der Waals surface area contributed by atoms with Gasteiger partial charge in [-0.25, -0.2) is 4.79 Å². The Morgan fingerprint density at radius 3 is 2.52 bits per heavy atom. The van der Waals surface area contributed by atoms with E-state index < -0.39 is 6.09 Å². The number of nitrogens with one attached hydrogen (secondary N) is 1. The molecule has 2 aromatic rings. The zero-order chi connectivity index (χ0) is 15.2. The van der Waals surface area contributed by atoms with Crippen molar-refractivity contribution in [2.75, 3.05) is 24.3 Å². The third-order valence-corrected chi connectivity index (χ3v) is 3.57. The molecule has 0 heterocycles. The van der Waals surface area contributed by atoms with Gasteiger partial charge in [-0.3, -0.25) is 5.32 Å². The highest BCUT2D eigenvalue weighted by Gasteiger charge is 2.12. The molecular formula is C16H17BrN2O2. The van der Waals surface area contributed by atoms with Crippen LogP contribution in [0.1, 0.15) is 5.56 Å². The molecule has 1 N–H and O–H groups in total. The first kappa shape index (κ1) is 15.4. The minimum absolute atomic E-state index is 0.244. The summed E-state index contributed by atoms with van der Waals surface area (Å²) in [6.45, 7) is 0.244. The lowest BCUT2D eigenvalue weighted by Crippen LogP contribution is -2.18. The predicted octanol–water partition coefficient (Wildman–Crippen LogP) is 4.26. The lowest BCUT2D eigenvalue weighted by molar-refractivity contribution is 0.155. The number of amides is 1. The molecule has 0 saturated heterocycles. The van der Waals surface area contributed by atoms with Crippen molar-refractivity contribution >= 4 is 33.4 Å². The predicted molar refractivity (Wildman–Crippen MR) is 88.7 cm³/mol. The molecule has 0 aliphatic heterocycles. The minimum atomic E-state index is -0.478. The summed E-state index contributed by atoms with van der Waals surface area (Å²) in [5.41, 5.74) is 2.55. The zero-order valence-corrected chi connectivity index (χ0v) is 13.6. The van der Waals surface area contributed by atoms with Crippen LogP contribution in [0.25, 0.3) is 0 Å². The number of halogens is 1. The van der Waals surface area contributed by atoms with Crippen molar-refractivity contribution in [3.8, 4) is 0 Å². The smallest absolute Gasteiger partial charge is 0.412 e. The van der Waals surface area contributed by atoms with Crippen LogP contribution in [0.4, 0.5) is 16.2 Å². The molecule has 2 aromatic carbocycles. The number of para-hydroxylation sites is 1. The molecule has 1 amide bonds. The number of ether oxygens (including phenoxy) is 1. The van der Waals surface area contributed by atoms with Gasteiger partial charge in [-0.15, -0.1) is 0 Å². The van der Waals surface area contributed by atoms with Gasteiger partial charge in [0.15, 0.2) is 0 Å². The van der Waals surface area contributed by atoms with Crippen molar-refractivity contribution in [3.63, 3.8) is 0 Å². The first-order valence-corrected chi connectivity index (χ1v) is 7.31. The lowest BCUT2D eigenvalue weighted by atomic mass is 10.2. The monoisotopic (exact) mass is 348 g/mol. The van der Waals surface area contributed by atoms with Crippen LogP contribution in [-0.2, 0) is 11.3 Å². The van der Waals surface area contributed by atoms with Gasteiger partial charge in [0.25, 0.3) is 0 Å². The van der Waals surface area contributed by atoms with Crippen LogP contribution in [-0.4, -0.2) is 20.2 Å². The van der Waals surface area contributed by atoms with Gasteiger partial charge in [0.1, 0.15) is 6.61 Å². The van der Waals surface area contributed by atoms with Crippen molar-refractivity contribution in [1.29, 1.82) is 0 Å². The molecule has 0 saturated carbocycles. The highest BCUT2D eigenvalue weighted by Crippen LogP contribution is 2.32. The Morgan fingerprint density at radius 1 is 1.14 bits per heavy atom. The molecule has 21 heavy (non-hydrogen) atoms. The van der Waals surface area contributed by atoms with Gasteiger partial charge < -0.3 is 9.64 Å². The highest BCUT2D eigenvalue weighted by molar-refractivity contribution is 9.10. The largest absolute Gasteiger partial charge is 0.444 e. The standard InChI is InChI=1S/C16H17BrN2O2/c1-19(2)14-10-6-9-13(17)15(14)18-16(20)21-11-12-7-4-3-5-8-12/h3-10H,11H2,1-2H3,(H,18,20). The second-order valence-corrected chi connectivity index (χ2v) is 5.57. The Balaban J connectivity index is 2.03. The van der Waals surface area contributed by atoms with Crippen LogP contribution in [0.5, 0.6) is 0 Å². The first-order chi connectivity index (χ1) is 10.1. The van der Waals surface area contributed by atoms with Crippen LogP contribution in [0.2, 0.25) is 0 Å². The number of carbonyl (C=O) groups is 1. The normalized spacial score (nSPS) is 10.0. The Bertz CT molecular complexity index is 615. The third-order valence-electron chi connectivity index (χ3n) is 2.91. The fourth-order valence-corrected chi connectivity index (χ4v) is 2.33. The summed E-state index contributed by atoms with van der Waals surface area (Å²) in [4.78, 5) is 13.9. The third kappa shape index (κ3) is 4.23. The summed E-state index contributed by atoms with van der Waals surface area (Å²) >= 11 is 3.44. The lowest BCUT2D eigenvalue weighted by Gasteiger charge is -2.19. The van der Waals surface area contributed by atoms with E-state index in [1.807, 2.05) is 67.5 Å². The van der Waals surface area contributed by atoms with E-state index in [4.69, 9.17) is 4.74 Å². The fraction of sp³-hybridized carbons (Fsp3) is 0.188. The molecule has 0 spiro atoms. The van der Waals surface area contributed by atoms with Crippen molar-refractivity contribution in [2.45, 2.75) is 6.61 Å². The Morgan fingerprint density at radius 2 is 1.86 bits per heavy atom. The van der Waals surface area contributed by atoms with Crippen LogP contribution in [0.3, 0.4) is 0 Å². The quantitative estimate of drug-likeness (QED) is 0.897. The van der Waals surface area contributed by atoms with Gasteiger partial charge in [0.05, 0.1) is 11.4 Å². The maximum atomic E-state index is 11.9. The highest BCUT2D eigenvalue weighted by atomic mass is 79.9. The molecular weight excluding hydrogens is 332 g/mol. The molecule has 0 fully saturated rings. The number of rotatable bonds is 4. The summed E-state index contributed by atoms with van der Waals surface area (Å²) in [5.74, 6) is 0. The minimum Gasteiger partial charge on any atom is -0.444 e.